The van der Waals surface area contributed by atoms with Crippen LogP contribution in [0.3, 0.4) is 0 Å². The molecule has 0 bridgehead atoms. The zero-order chi connectivity index (χ0) is 18.8. The lowest BCUT2D eigenvalue weighted by Crippen LogP contribution is -2.32. The molecule has 26 heavy (non-hydrogen) atoms. The summed E-state index contributed by atoms with van der Waals surface area (Å²) < 4.78 is 10.9. The summed E-state index contributed by atoms with van der Waals surface area (Å²) in [6.45, 7) is 4.59. The van der Waals surface area contributed by atoms with Gasteiger partial charge in [-0.05, 0) is 49.7 Å². The van der Waals surface area contributed by atoms with Crippen molar-refractivity contribution in [2.24, 2.45) is 5.10 Å². The maximum atomic E-state index is 11.8. The highest BCUT2D eigenvalue weighted by atomic mass is 16.5. The van der Waals surface area contributed by atoms with Gasteiger partial charge in [-0.2, -0.15) is 5.10 Å². The number of furan rings is 1. The van der Waals surface area contributed by atoms with Crippen LogP contribution in [0.2, 0.25) is 0 Å². The molecule has 0 aliphatic carbocycles. The number of carbonyl (C=O) groups excluding carboxylic acids is 2. The van der Waals surface area contributed by atoms with Crippen molar-refractivity contribution in [3.05, 3.63) is 47.9 Å². The normalized spacial score (nSPS) is 10.7. The number of anilines is 1. The van der Waals surface area contributed by atoms with Crippen LogP contribution in [0.15, 0.2) is 45.9 Å². The highest BCUT2D eigenvalue weighted by Gasteiger charge is 2.12. The number of carbonyl (C=O) groups is 2. The van der Waals surface area contributed by atoms with Gasteiger partial charge in [0.15, 0.2) is 0 Å². The Morgan fingerprint density at radius 1 is 1.12 bits per heavy atom. The molecule has 0 atom stereocenters. The second-order valence-electron chi connectivity index (χ2n) is 5.68. The summed E-state index contributed by atoms with van der Waals surface area (Å²) in [5, 5.41) is 6.18. The molecule has 1 aromatic heterocycles. The van der Waals surface area contributed by atoms with Crippen LogP contribution >= 0.6 is 0 Å². The minimum Gasteiger partial charge on any atom is -0.494 e. The summed E-state index contributed by atoms with van der Waals surface area (Å²) in [7, 11) is 0. The number of hydrogen-bond donors (Lipinski definition) is 2. The molecule has 0 aliphatic heterocycles. The van der Waals surface area contributed by atoms with Crippen LogP contribution in [-0.2, 0) is 9.59 Å². The van der Waals surface area contributed by atoms with E-state index in [-0.39, 0.29) is 0 Å². The molecule has 2 rings (SSSR count). The number of hydrazone groups is 1. The van der Waals surface area contributed by atoms with E-state index >= 15 is 0 Å². The number of ether oxygens (including phenoxy) is 1. The van der Waals surface area contributed by atoms with Gasteiger partial charge in [-0.15, -0.1) is 0 Å². The van der Waals surface area contributed by atoms with Crippen LogP contribution in [-0.4, -0.2) is 24.6 Å². The van der Waals surface area contributed by atoms with Crippen LogP contribution in [0.25, 0.3) is 0 Å². The summed E-state index contributed by atoms with van der Waals surface area (Å²) >= 11 is 0. The standard InChI is InChI=1S/C19H23N3O4/c1-3-4-5-12-25-16-10-7-15(8-11-16)21-18(23)19(24)22-20-13-17-9-6-14(2)26-17/h6-11,13H,3-5,12H2,1-2H3,(H,21,23)(H,22,24)/b20-13+. The van der Waals surface area contributed by atoms with Gasteiger partial charge >= 0.3 is 11.8 Å². The molecule has 7 nitrogen and oxygen atoms in total. The molecule has 1 heterocycles. The van der Waals surface area contributed by atoms with Crippen molar-refractivity contribution in [2.45, 2.75) is 33.1 Å². The molecule has 0 saturated carbocycles. The van der Waals surface area contributed by atoms with Crippen molar-refractivity contribution < 1.29 is 18.7 Å². The number of nitrogens with one attached hydrogen (secondary N) is 2. The third-order valence-corrected chi connectivity index (χ3v) is 3.45. The van der Waals surface area contributed by atoms with Gasteiger partial charge < -0.3 is 14.5 Å². The summed E-state index contributed by atoms with van der Waals surface area (Å²) in [6.07, 6.45) is 4.60. The van der Waals surface area contributed by atoms with Crippen LogP contribution in [0.4, 0.5) is 5.69 Å². The predicted octanol–water partition coefficient (Wildman–Crippen LogP) is 3.25. The molecule has 7 heteroatoms. The van der Waals surface area contributed by atoms with E-state index in [9.17, 15) is 9.59 Å². The SMILES string of the molecule is CCCCCOc1ccc(NC(=O)C(=O)N/N=C/c2ccc(C)o2)cc1. The van der Waals surface area contributed by atoms with Crippen molar-refractivity contribution in [3.8, 4) is 5.75 Å². The molecule has 0 saturated heterocycles. The van der Waals surface area contributed by atoms with Gasteiger partial charge in [0, 0.05) is 5.69 Å². The topological polar surface area (TPSA) is 92.9 Å². The summed E-state index contributed by atoms with van der Waals surface area (Å²) in [5.41, 5.74) is 2.64. The molecule has 2 amide bonds. The lowest BCUT2D eigenvalue weighted by molar-refractivity contribution is -0.136. The van der Waals surface area contributed by atoms with Crippen LogP contribution in [0, 0.1) is 6.92 Å². The Kier molecular flexibility index (Phi) is 7.42. The van der Waals surface area contributed by atoms with E-state index in [1.807, 2.05) is 0 Å². The average molecular weight is 357 g/mol. The maximum Gasteiger partial charge on any atom is 0.329 e. The smallest absolute Gasteiger partial charge is 0.329 e. The van der Waals surface area contributed by atoms with Gasteiger partial charge in [0.25, 0.3) is 0 Å². The molecule has 0 spiro atoms. The van der Waals surface area contributed by atoms with Crippen molar-refractivity contribution in [1.29, 1.82) is 0 Å². The van der Waals surface area contributed by atoms with E-state index in [1.54, 1.807) is 43.3 Å². The first-order valence-corrected chi connectivity index (χ1v) is 8.52. The highest BCUT2D eigenvalue weighted by Crippen LogP contribution is 2.16. The van der Waals surface area contributed by atoms with E-state index in [4.69, 9.17) is 9.15 Å². The monoisotopic (exact) mass is 357 g/mol. The number of unbranched alkanes of at least 4 members (excludes halogenated alkanes) is 2. The number of benzene rings is 1. The Morgan fingerprint density at radius 3 is 2.54 bits per heavy atom. The number of aryl methyl sites for hydroxylation is 1. The van der Waals surface area contributed by atoms with Crippen molar-refractivity contribution >= 4 is 23.7 Å². The minimum absolute atomic E-state index is 0.484. The molecule has 2 N–H and O–H groups in total. The highest BCUT2D eigenvalue weighted by molar-refractivity contribution is 6.39. The van der Waals surface area contributed by atoms with Crippen LogP contribution < -0.4 is 15.5 Å². The Balaban J connectivity index is 1.77. The van der Waals surface area contributed by atoms with Gasteiger partial charge in [0.1, 0.15) is 17.3 Å². The molecular weight excluding hydrogens is 334 g/mol. The summed E-state index contributed by atoms with van der Waals surface area (Å²) in [6, 6.07) is 10.3. The van der Waals surface area contributed by atoms with Crippen molar-refractivity contribution in [1.82, 2.24) is 5.43 Å². The zero-order valence-electron chi connectivity index (χ0n) is 15.0. The molecular formula is C19H23N3O4. The number of amides is 2. The third kappa shape index (κ3) is 6.43. The summed E-state index contributed by atoms with van der Waals surface area (Å²) in [4.78, 5) is 23.6. The van der Waals surface area contributed by atoms with Gasteiger partial charge in [-0.3, -0.25) is 9.59 Å². The predicted molar refractivity (Wildman–Crippen MR) is 99.3 cm³/mol. The maximum absolute atomic E-state index is 11.8. The molecule has 0 aliphatic rings. The quantitative estimate of drug-likeness (QED) is 0.328. The third-order valence-electron chi connectivity index (χ3n) is 3.45. The molecule has 2 aromatic rings. The largest absolute Gasteiger partial charge is 0.494 e. The second-order valence-corrected chi connectivity index (χ2v) is 5.68. The zero-order valence-corrected chi connectivity index (χ0v) is 15.0. The van der Waals surface area contributed by atoms with Gasteiger partial charge in [0.05, 0.1) is 12.8 Å². The molecule has 0 radical (unpaired) electrons. The van der Waals surface area contributed by atoms with Crippen molar-refractivity contribution in [2.75, 3.05) is 11.9 Å². The first-order chi connectivity index (χ1) is 12.6. The molecule has 0 fully saturated rings. The Morgan fingerprint density at radius 2 is 1.88 bits per heavy atom. The average Bonchev–Trinajstić information content (AvgIpc) is 3.05. The van der Waals surface area contributed by atoms with Crippen LogP contribution in [0.1, 0.15) is 37.7 Å². The fourth-order valence-electron chi connectivity index (χ4n) is 2.09. The van der Waals surface area contributed by atoms with Gasteiger partial charge in [-0.1, -0.05) is 19.8 Å². The van der Waals surface area contributed by atoms with Crippen molar-refractivity contribution in [3.63, 3.8) is 0 Å². The molecule has 1 aromatic carbocycles. The van der Waals surface area contributed by atoms with Crippen LogP contribution in [0.5, 0.6) is 5.75 Å². The first kappa shape index (κ1) is 19.2. The Hall–Kier alpha value is -3.09. The molecule has 0 unspecified atom stereocenters. The number of rotatable bonds is 8. The lowest BCUT2D eigenvalue weighted by Gasteiger charge is -2.07. The van der Waals surface area contributed by atoms with Gasteiger partial charge in [0.2, 0.25) is 0 Å². The lowest BCUT2D eigenvalue weighted by atomic mass is 10.2. The van der Waals surface area contributed by atoms with E-state index in [1.165, 1.54) is 6.21 Å². The van der Waals surface area contributed by atoms with E-state index in [2.05, 4.69) is 22.8 Å². The number of nitrogens with zero attached hydrogens (tertiary/aromatic N) is 1. The fraction of sp³-hybridized carbons (Fsp3) is 0.316. The molecule has 138 valence electrons. The minimum atomic E-state index is -0.871. The van der Waals surface area contributed by atoms with E-state index < -0.39 is 11.8 Å². The number of hydrogen-bond acceptors (Lipinski definition) is 5. The summed E-state index contributed by atoms with van der Waals surface area (Å²) in [5.74, 6) is 0.256. The first-order valence-electron chi connectivity index (χ1n) is 8.52. The fourth-order valence-corrected chi connectivity index (χ4v) is 2.09. The Bertz CT molecular complexity index is 750. The van der Waals surface area contributed by atoms with E-state index in [0.717, 1.165) is 30.8 Å². The van der Waals surface area contributed by atoms with E-state index in [0.29, 0.717) is 18.1 Å². The Labute approximate surface area is 152 Å². The van der Waals surface area contributed by atoms with Gasteiger partial charge in [-0.25, -0.2) is 5.43 Å². The second kappa shape index (κ2) is 10.0.